The SMILES string of the molecule is C=C(C)[C@@]12O[C@@H]1[C@@]1(C)C(=C[C@H]2O)CC[C@@H](O)[C@@H]1C. The lowest BCUT2D eigenvalue weighted by Crippen LogP contribution is -2.51. The van der Waals surface area contributed by atoms with E-state index in [1.165, 1.54) is 5.57 Å². The molecule has 6 atom stereocenters. The van der Waals surface area contributed by atoms with Crippen LogP contribution in [0.15, 0.2) is 23.8 Å². The van der Waals surface area contributed by atoms with Gasteiger partial charge in [-0.25, -0.2) is 0 Å². The molecular weight excluding hydrogens is 228 g/mol. The van der Waals surface area contributed by atoms with Crippen molar-refractivity contribution in [2.75, 3.05) is 0 Å². The summed E-state index contributed by atoms with van der Waals surface area (Å²) in [4.78, 5) is 0. The molecule has 2 N–H and O–H groups in total. The fraction of sp³-hybridized carbons (Fsp3) is 0.733. The van der Waals surface area contributed by atoms with Gasteiger partial charge in [0.05, 0.1) is 6.10 Å². The molecule has 0 aromatic carbocycles. The number of hydrogen-bond acceptors (Lipinski definition) is 3. The van der Waals surface area contributed by atoms with E-state index in [2.05, 4.69) is 20.4 Å². The molecule has 3 nitrogen and oxygen atoms in total. The predicted octanol–water partition coefficient (Wildman–Crippen LogP) is 1.80. The molecule has 3 heteroatoms. The van der Waals surface area contributed by atoms with E-state index in [1.54, 1.807) is 0 Å². The van der Waals surface area contributed by atoms with Crippen molar-refractivity contribution in [2.24, 2.45) is 11.3 Å². The van der Waals surface area contributed by atoms with Gasteiger partial charge in [0.2, 0.25) is 0 Å². The van der Waals surface area contributed by atoms with Gasteiger partial charge < -0.3 is 14.9 Å². The second-order valence-corrected chi connectivity index (χ2v) is 6.39. The standard InChI is InChI=1S/C15H22O3/c1-8(2)15-12(17)7-10-5-6-11(16)9(3)14(10,4)13(15)18-15/h7,9,11-13,16-17H,1,5-6H2,2-4H3/t9-,11+,12+,13+,14+,15-/m0/s1. The third-order valence-electron chi connectivity index (χ3n) is 5.58. The van der Waals surface area contributed by atoms with E-state index >= 15 is 0 Å². The van der Waals surface area contributed by atoms with Gasteiger partial charge in [0.15, 0.2) is 0 Å². The van der Waals surface area contributed by atoms with Crippen molar-refractivity contribution in [3.63, 3.8) is 0 Å². The molecule has 1 aliphatic heterocycles. The Bertz CT molecular complexity index is 441. The minimum Gasteiger partial charge on any atom is -0.393 e. The van der Waals surface area contributed by atoms with Crippen LogP contribution in [0.3, 0.4) is 0 Å². The Labute approximate surface area is 108 Å². The van der Waals surface area contributed by atoms with Gasteiger partial charge in [-0.05, 0) is 31.3 Å². The minimum atomic E-state index is -0.608. The Morgan fingerprint density at radius 1 is 1.50 bits per heavy atom. The van der Waals surface area contributed by atoms with Crippen LogP contribution in [0.1, 0.15) is 33.6 Å². The molecule has 1 saturated carbocycles. The Morgan fingerprint density at radius 2 is 2.17 bits per heavy atom. The van der Waals surface area contributed by atoms with Gasteiger partial charge in [0, 0.05) is 5.41 Å². The van der Waals surface area contributed by atoms with Crippen LogP contribution < -0.4 is 0 Å². The summed E-state index contributed by atoms with van der Waals surface area (Å²) in [5, 5.41) is 20.5. The molecule has 0 radical (unpaired) electrons. The van der Waals surface area contributed by atoms with E-state index in [0.717, 1.165) is 18.4 Å². The second kappa shape index (κ2) is 3.47. The first-order valence-corrected chi connectivity index (χ1v) is 6.76. The largest absolute Gasteiger partial charge is 0.393 e. The predicted molar refractivity (Wildman–Crippen MR) is 69.0 cm³/mol. The van der Waals surface area contributed by atoms with Crippen molar-refractivity contribution >= 4 is 0 Å². The van der Waals surface area contributed by atoms with Crippen LogP contribution in [0.4, 0.5) is 0 Å². The highest BCUT2D eigenvalue weighted by Gasteiger charge is 2.72. The highest BCUT2D eigenvalue weighted by molar-refractivity contribution is 5.43. The molecule has 0 spiro atoms. The topological polar surface area (TPSA) is 53.0 Å². The number of aliphatic hydroxyl groups is 2. The van der Waals surface area contributed by atoms with Crippen LogP contribution in [0.2, 0.25) is 0 Å². The van der Waals surface area contributed by atoms with Gasteiger partial charge in [-0.3, -0.25) is 0 Å². The molecule has 2 fully saturated rings. The molecule has 100 valence electrons. The summed E-state index contributed by atoms with van der Waals surface area (Å²) >= 11 is 0. The molecule has 0 aromatic rings. The first kappa shape index (κ1) is 12.4. The van der Waals surface area contributed by atoms with Gasteiger partial charge in [0.25, 0.3) is 0 Å². The fourth-order valence-electron chi connectivity index (χ4n) is 4.03. The van der Waals surface area contributed by atoms with Crippen molar-refractivity contribution in [1.82, 2.24) is 0 Å². The zero-order valence-electron chi connectivity index (χ0n) is 11.3. The monoisotopic (exact) mass is 250 g/mol. The van der Waals surface area contributed by atoms with Crippen LogP contribution >= 0.6 is 0 Å². The molecule has 3 rings (SSSR count). The van der Waals surface area contributed by atoms with Gasteiger partial charge in [-0.1, -0.05) is 32.1 Å². The van der Waals surface area contributed by atoms with Crippen molar-refractivity contribution < 1.29 is 14.9 Å². The highest BCUT2D eigenvalue weighted by Crippen LogP contribution is 2.64. The maximum Gasteiger partial charge on any atom is 0.145 e. The Morgan fingerprint density at radius 3 is 2.78 bits per heavy atom. The van der Waals surface area contributed by atoms with Crippen LogP contribution in [-0.2, 0) is 4.74 Å². The molecule has 3 aliphatic rings. The third-order valence-corrected chi connectivity index (χ3v) is 5.58. The Hall–Kier alpha value is -0.640. The van der Waals surface area contributed by atoms with Crippen LogP contribution in [0.5, 0.6) is 0 Å². The van der Waals surface area contributed by atoms with Gasteiger partial charge in [0.1, 0.15) is 17.8 Å². The summed E-state index contributed by atoms with van der Waals surface area (Å²) < 4.78 is 5.92. The average molecular weight is 250 g/mol. The lowest BCUT2D eigenvalue weighted by molar-refractivity contribution is 0.00744. The number of epoxide rings is 1. The summed E-state index contributed by atoms with van der Waals surface area (Å²) in [6.07, 6.45) is 2.66. The highest BCUT2D eigenvalue weighted by atomic mass is 16.6. The number of fused-ring (bicyclic) bond motifs is 3. The quantitative estimate of drug-likeness (QED) is 0.551. The minimum absolute atomic E-state index is 0.0394. The molecular formula is C15H22O3. The normalized spacial score (nSPS) is 54.2. The van der Waals surface area contributed by atoms with Gasteiger partial charge in [-0.2, -0.15) is 0 Å². The molecule has 2 aliphatic carbocycles. The first-order chi connectivity index (χ1) is 8.35. The van der Waals surface area contributed by atoms with E-state index in [9.17, 15) is 10.2 Å². The molecule has 0 bridgehead atoms. The molecule has 0 unspecified atom stereocenters. The molecule has 1 saturated heterocycles. The fourth-order valence-corrected chi connectivity index (χ4v) is 4.03. The number of hydrogen-bond donors (Lipinski definition) is 2. The maximum absolute atomic E-state index is 10.3. The number of aliphatic hydroxyl groups excluding tert-OH is 2. The summed E-state index contributed by atoms with van der Waals surface area (Å²) in [6, 6.07) is 0. The van der Waals surface area contributed by atoms with E-state index < -0.39 is 11.7 Å². The van der Waals surface area contributed by atoms with Gasteiger partial charge >= 0.3 is 0 Å². The smallest absolute Gasteiger partial charge is 0.145 e. The van der Waals surface area contributed by atoms with Crippen molar-refractivity contribution in [3.8, 4) is 0 Å². The summed E-state index contributed by atoms with van der Waals surface area (Å²) in [5.74, 6) is 0.149. The van der Waals surface area contributed by atoms with E-state index in [0.29, 0.717) is 0 Å². The van der Waals surface area contributed by atoms with Crippen molar-refractivity contribution in [1.29, 1.82) is 0 Å². The second-order valence-electron chi connectivity index (χ2n) is 6.39. The lowest BCUT2D eigenvalue weighted by Gasteiger charge is -2.47. The van der Waals surface area contributed by atoms with Crippen LogP contribution in [0.25, 0.3) is 0 Å². The third kappa shape index (κ3) is 1.20. The number of rotatable bonds is 1. The lowest BCUT2D eigenvalue weighted by atomic mass is 9.56. The zero-order chi connectivity index (χ0) is 13.3. The zero-order valence-corrected chi connectivity index (χ0v) is 11.3. The molecule has 0 aromatic heterocycles. The van der Waals surface area contributed by atoms with Crippen LogP contribution in [0, 0.1) is 11.3 Å². The van der Waals surface area contributed by atoms with Crippen LogP contribution in [-0.4, -0.2) is 34.1 Å². The summed E-state index contributed by atoms with van der Waals surface area (Å²) in [5.41, 5.74) is 1.34. The van der Waals surface area contributed by atoms with E-state index in [-0.39, 0.29) is 23.5 Å². The Balaban J connectivity index is 2.07. The summed E-state index contributed by atoms with van der Waals surface area (Å²) in [6.45, 7) is 10.1. The first-order valence-electron chi connectivity index (χ1n) is 6.76. The average Bonchev–Trinajstić information content (AvgIpc) is 3.06. The van der Waals surface area contributed by atoms with Gasteiger partial charge in [-0.15, -0.1) is 0 Å². The Kier molecular flexibility index (Phi) is 2.39. The number of ether oxygens (including phenoxy) is 1. The van der Waals surface area contributed by atoms with Crippen molar-refractivity contribution in [2.45, 2.75) is 57.5 Å². The van der Waals surface area contributed by atoms with E-state index in [1.807, 2.05) is 13.0 Å². The molecule has 18 heavy (non-hydrogen) atoms. The van der Waals surface area contributed by atoms with Crippen molar-refractivity contribution in [3.05, 3.63) is 23.8 Å². The molecule has 1 heterocycles. The molecule has 0 amide bonds. The maximum atomic E-state index is 10.3. The van der Waals surface area contributed by atoms with E-state index in [4.69, 9.17) is 4.74 Å². The summed E-state index contributed by atoms with van der Waals surface area (Å²) in [7, 11) is 0.